The van der Waals surface area contributed by atoms with Gasteiger partial charge in [-0.3, -0.25) is 0 Å². The van der Waals surface area contributed by atoms with E-state index >= 15 is 0 Å². The summed E-state index contributed by atoms with van der Waals surface area (Å²) in [5.74, 6) is -0.722. The Balaban J connectivity index is 2.39. The molecule has 1 N–H and O–H groups in total. The van der Waals surface area contributed by atoms with Crippen molar-refractivity contribution in [2.24, 2.45) is 0 Å². The molecule has 4 nitrogen and oxygen atoms in total. The van der Waals surface area contributed by atoms with Gasteiger partial charge in [-0.2, -0.15) is 4.31 Å². The molecule has 7 heteroatoms. The van der Waals surface area contributed by atoms with Gasteiger partial charge in [0.2, 0.25) is 10.0 Å². The van der Waals surface area contributed by atoms with Crippen LogP contribution in [0.2, 0.25) is 5.02 Å². The SMILES string of the molecule is CC(C)NCc1cc(Cl)cc(S(=O)(=O)N(C)C2CC2)c1F. The molecule has 21 heavy (non-hydrogen) atoms. The third kappa shape index (κ3) is 3.74. The summed E-state index contributed by atoms with van der Waals surface area (Å²) in [5, 5.41) is 3.29. The van der Waals surface area contributed by atoms with Gasteiger partial charge in [0.05, 0.1) is 0 Å². The second kappa shape index (κ2) is 6.20. The Hall–Kier alpha value is -0.690. The molecule has 0 spiro atoms. The monoisotopic (exact) mass is 334 g/mol. The highest BCUT2D eigenvalue weighted by atomic mass is 35.5. The van der Waals surface area contributed by atoms with E-state index in [1.807, 2.05) is 13.8 Å². The first-order valence-electron chi connectivity index (χ1n) is 6.93. The van der Waals surface area contributed by atoms with Crippen LogP contribution in [-0.4, -0.2) is 31.9 Å². The molecule has 0 saturated heterocycles. The molecule has 0 radical (unpaired) electrons. The zero-order valence-corrected chi connectivity index (χ0v) is 13.9. The first-order chi connectivity index (χ1) is 9.73. The van der Waals surface area contributed by atoms with E-state index in [1.165, 1.54) is 23.5 Å². The first-order valence-corrected chi connectivity index (χ1v) is 8.74. The maximum atomic E-state index is 14.5. The highest BCUT2D eigenvalue weighted by Crippen LogP contribution is 2.33. The average Bonchev–Trinajstić information content (AvgIpc) is 3.22. The second-order valence-corrected chi connectivity index (χ2v) is 8.07. The van der Waals surface area contributed by atoms with Crippen molar-refractivity contribution in [3.8, 4) is 0 Å². The maximum Gasteiger partial charge on any atom is 0.246 e. The maximum absolute atomic E-state index is 14.5. The van der Waals surface area contributed by atoms with Crippen molar-refractivity contribution in [3.63, 3.8) is 0 Å². The summed E-state index contributed by atoms with van der Waals surface area (Å²) >= 11 is 5.97. The number of sulfonamides is 1. The molecule has 0 atom stereocenters. The highest BCUT2D eigenvalue weighted by Gasteiger charge is 2.37. The first kappa shape index (κ1) is 16.7. The summed E-state index contributed by atoms with van der Waals surface area (Å²) < 4.78 is 40.7. The molecule has 0 unspecified atom stereocenters. The van der Waals surface area contributed by atoms with Gasteiger partial charge in [0, 0.05) is 36.3 Å². The molecule has 0 bridgehead atoms. The summed E-state index contributed by atoms with van der Waals surface area (Å²) in [4.78, 5) is -0.343. The normalized spacial score (nSPS) is 16.0. The van der Waals surface area contributed by atoms with Gasteiger partial charge in [-0.1, -0.05) is 25.4 Å². The number of nitrogens with one attached hydrogen (secondary N) is 1. The van der Waals surface area contributed by atoms with E-state index in [0.29, 0.717) is 0 Å². The van der Waals surface area contributed by atoms with Gasteiger partial charge in [-0.05, 0) is 25.0 Å². The van der Waals surface area contributed by atoms with E-state index in [1.54, 1.807) is 0 Å². The molecule has 1 saturated carbocycles. The predicted octanol–water partition coefficient (Wildman–Crippen LogP) is 2.76. The molecule has 118 valence electrons. The molecular formula is C14H20ClFN2O2S. The lowest BCUT2D eigenvalue weighted by Crippen LogP contribution is -2.30. The smallest absolute Gasteiger partial charge is 0.246 e. The predicted molar refractivity (Wildman–Crippen MR) is 81.4 cm³/mol. The molecule has 0 amide bonds. The highest BCUT2D eigenvalue weighted by molar-refractivity contribution is 7.89. The fourth-order valence-electron chi connectivity index (χ4n) is 2.04. The molecule has 0 heterocycles. The Morgan fingerprint density at radius 3 is 2.57 bits per heavy atom. The van der Waals surface area contributed by atoms with Crippen LogP contribution in [0.4, 0.5) is 4.39 Å². The van der Waals surface area contributed by atoms with Crippen LogP contribution in [0.1, 0.15) is 32.3 Å². The lowest BCUT2D eigenvalue weighted by molar-refractivity contribution is 0.455. The number of hydrogen-bond donors (Lipinski definition) is 1. The third-order valence-corrected chi connectivity index (χ3v) is 5.63. The number of halogens is 2. The minimum absolute atomic E-state index is 0.0226. The summed E-state index contributed by atoms with van der Waals surface area (Å²) in [6, 6.07) is 2.79. The van der Waals surface area contributed by atoms with Crippen LogP contribution in [-0.2, 0) is 16.6 Å². The fraction of sp³-hybridized carbons (Fsp3) is 0.571. The van der Waals surface area contributed by atoms with Crippen LogP contribution >= 0.6 is 11.6 Å². The van der Waals surface area contributed by atoms with Crippen molar-refractivity contribution in [2.45, 2.75) is 50.2 Å². The molecule has 2 rings (SSSR count). The van der Waals surface area contributed by atoms with E-state index in [0.717, 1.165) is 12.8 Å². The lowest BCUT2D eigenvalue weighted by atomic mass is 10.2. The molecule has 1 aromatic carbocycles. The van der Waals surface area contributed by atoms with Gasteiger partial charge in [0.15, 0.2) is 0 Å². The lowest BCUT2D eigenvalue weighted by Gasteiger charge is -2.18. The van der Waals surface area contributed by atoms with Crippen LogP contribution in [0.3, 0.4) is 0 Å². The molecule has 1 fully saturated rings. The number of nitrogens with zero attached hydrogens (tertiary/aromatic N) is 1. The van der Waals surface area contributed by atoms with Crippen molar-refractivity contribution < 1.29 is 12.8 Å². The van der Waals surface area contributed by atoms with Gasteiger partial charge in [0.25, 0.3) is 0 Å². The van der Waals surface area contributed by atoms with Crippen LogP contribution < -0.4 is 5.32 Å². The molecule has 1 aromatic rings. The van der Waals surface area contributed by atoms with Crippen molar-refractivity contribution in [3.05, 3.63) is 28.5 Å². The molecule has 1 aliphatic carbocycles. The average molecular weight is 335 g/mol. The Labute approximate surface area is 130 Å². The molecule has 0 aromatic heterocycles. The van der Waals surface area contributed by atoms with Crippen LogP contribution in [0.5, 0.6) is 0 Å². The van der Waals surface area contributed by atoms with Crippen LogP contribution in [0.25, 0.3) is 0 Å². The standard InChI is InChI=1S/C14H20ClFN2O2S/c1-9(2)17-8-10-6-11(15)7-13(14(10)16)21(19,20)18(3)12-4-5-12/h6-7,9,12,17H,4-5,8H2,1-3H3. The number of hydrogen-bond acceptors (Lipinski definition) is 3. The Morgan fingerprint density at radius 1 is 1.43 bits per heavy atom. The van der Waals surface area contributed by atoms with Crippen molar-refractivity contribution in [1.82, 2.24) is 9.62 Å². The fourth-order valence-corrected chi connectivity index (χ4v) is 3.89. The quantitative estimate of drug-likeness (QED) is 0.870. The molecular weight excluding hydrogens is 315 g/mol. The van der Waals surface area contributed by atoms with E-state index < -0.39 is 15.8 Å². The van der Waals surface area contributed by atoms with E-state index in [4.69, 9.17) is 11.6 Å². The summed E-state index contributed by atoms with van der Waals surface area (Å²) in [5.41, 5.74) is 0.263. The largest absolute Gasteiger partial charge is 0.310 e. The zero-order valence-electron chi connectivity index (χ0n) is 12.4. The Kier molecular flexibility index (Phi) is 4.92. The zero-order chi connectivity index (χ0) is 15.8. The van der Waals surface area contributed by atoms with E-state index in [-0.39, 0.29) is 34.1 Å². The van der Waals surface area contributed by atoms with Gasteiger partial charge in [-0.15, -0.1) is 0 Å². The molecule has 0 aliphatic heterocycles. The van der Waals surface area contributed by atoms with E-state index in [2.05, 4.69) is 5.32 Å². The number of rotatable bonds is 6. The van der Waals surface area contributed by atoms with Crippen molar-refractivity contribution in [1.29, 1.82) is 0 Å². The summed E-state index contributed by atoms with van der Waals surface area (Å²) in [6.07, 6.45) is 1.64. The summed E-state index contributed by atoms with van der Waals surface area (Å²) in [7, 11) is -2.36. The number of benzene rings is 1. The topological polar surface area (TPSA) is 49.4 Å². The minimum Gasteiger partial charge on any atom is -0.310 e. The molecule has 1 aliphatic rings. The van der Waals surface area contributed by atoms with Gasteiger partial charge in [0.1, 0.15) is 10.7 Å². The van der Waals surface area contributed by atoms with Gasteiger partial charge in [-0.25, -0.2) is 12.8 Å². The third-order valence-electron chi connectivity index (χ3n) is 3.50. The Morgan fingerprint density at radius 2 is 2.05 bits per heavy atom. The van der Waals surface area contributed by atoms with Gasteiger partial charge < -0.3 is 5.32 Å². The van der Waals surface area contributed by atoms with Crippen molar-refractivity contribution >= 4 is 21.6 Å². The Bertz CT molecular complexity index is 630. The van der Waals surface area contributed by atoms with Crippen LogP contribution in [0, 0.1) is 5.82 Å². The summed E-state index contributed by atoms with van der Waals surface area (Å²) in [6.45, 7) is 4.10. The van der Waals surface area contributed by atoms with E-state index in [9.17, 15) is 12.8 Å². The second-order valence-electron chi connectivity index (χ2n) is 5.67. The van der Waals surface area contributed by atoms with Crippen LogP contribution in [0.15, 0.2) is 17.0 Å². The van der Waals surface area contributed by atoms with Gasteiger partial charge >= 0.3 is 0 Å². The van der Waals surface area contributed by atoms with Crippen molar-refractivity contribution in [2.75, 3.05) is 7.05 Å². The minimum atomic E-state index is -3.84.